The van der Waals surface area contributed by atoms with E-state index < -0.39 is 0 Å². The van der Waals surface area contributed by atoms with E-state index in [0.29, 0.717) is 0 Å². The second kappa shape index (κ2) is 4.00. The number of benzene rings is 1. The first kappa shape index (κ1) is 10.5. The molecule has 1 heterocycles. The lowest BCUT2D eigenvalue weighted by Crippen LogP contribution is -2.17. The smallest absolute Gasteiger partial charge is 0.0971 e. The van der Waals surface area contributed by atoms with Crippen molar-refractivity contribution in [3.05, 3.63) is 41.1 Å². The molecule has 0 saturated heterocycles. The maximum atomic E-state index is 6.21. The van der Waals surface area contributed by atoms with Crippen molar-refractivity contribution in [2.45, 2.75) is 32.2 Å². The number of nitrogens with zero attached hydrogens (tertiary/aromatic N) is 1. The average Bonchev–Trinajstić information content (AvgIpc) is 2.74. The van der Waals surface area contributed by atoms with E-state index in [-0.39, 0.29) is 6.04 Å². The highest BCUT2D eigenvalue weighted by molar-refractivity contribution is 5.65. The zero-order valence-electron chi connectivity index (χ0n) is 10.0. The number of fused-ring (bicyclic) bond motifs is 1. The number of hydrogen-bond acceptors (Lipinski definition) is 2. The van der Waals surface area contributed by atoms with Crippen LogP contribution in [0.4, 0.5) is 0 Å². The van der Waals surface area contributed by atoms with E-state index in [4.69, 9.17) is 5.73 Å². The summed E-state index contributed by atoms with van der Waals surface area (Å²) in [6.07, 6.45) is 3.29. The molecule has 0 saturated carbocycles. The van der Waals surface area contributed by atoms with Crippen LogP contribution >= 0.6 is 0 Å². The Morgan fingerprint density at radius 3 is 3.12 bits per heavy atom. The van der Waals surface area contributed by atoms with Gasteiger partial charge in [-0.15, -0.1) is 0 Å². The Bertz CT molecular complexity index is 542. The van der Waals surface area contributed by atoms with Crippen molar-refractivity contribution in [3.8, 4) is 11.3 Å². The monoisotopic (exact) mass is 227 g/mol. The van der Waals surface area contributed by atoms with Gasteiger partial charge in [0.15, 0.2) is 0 Å². The van der Waals surface area contributed by atoms with E-state index in [1.54, 1.807) is 0 Å². The van der Waals surface area contributed by atoms with E-state index in [0.717, 1.165) is 25.0 Å². The Kier molecular flexibility index (Phi) is 2.48. The Hall–Kier alpha value is -1.61. The van der Waals surface area contributed by atoms with Crippen molar-refractivity contribution >= 4 is 0 Å². The lowest BCUT2D eigenvalue weighted by Gasteiger charge is -2.19. The van der Waals surface area contributed by atoms with Gasteiger partial charge in [0.1, 0.15) is 0 Å². The standard InChI is InChI=1S/C14H17N3/c1-9-4-2-5-10(8-9)14-13-11(15)6-3-7-12(13)16-17-14/h2,4-5,8,11H,3,6-7,15H2,1H3,(H,16,17). The summed E-state index contributed by atoms with van der Waals surface area (Å²) in [7, 11) is 0. The van der Waals surface area contributed by atoms with Crippen molar-refractivity contribution in [1.82, 2.24) is 10.2 Å². The Balaban J connectivity index is 2.13. The van der Waals surface area contributed by atoms with Crippen molar-refractivity contribution in [2.75, 3.05) is 0 Å². The van der Waals surface area contributed by atoms with Gasteiger partial charge in [-0.25, -0.2) is 0 Å². The number of nitrogens with one attached hydrogen (secondary N) is 1. The van der Waals surface area contributed by atoms with Crippen LogP contribution < -0.4 is 5.73 Å². The number of rotatable bonds is 1. The van der Waals surface area contributed by atoms with Crippen LogP contribution in [0.2, 0.25) is 0 Å². The number of H-pyrrole nitrogens is 1. The highest BCUT2D eigenvalue weighted by Crippen LogP contribution is 2.34. The fourth-order valence-corrected chi connectivity index (χ4v) is 2.63. The van der Waals surface area contributed by atoms with Crippen molar-refractivity contribution < 1.29 is 0 Å². The van der Waals surface area contributed by atoms with Gasteiger partial charge < -0.3 is 5.73 Å². The van der Waals surface area contributed by atoms with Crippen LogP contribution in [0.15, 0.2) is 24.3 Å². The van der Waals surface area contributed by atoms with Gasteiger partial charge in [-0.2, -0.15) is 5.10 Å². The predicted molar refractivity (Wildman–Crippen MR) is 68.6 cm³/mol. The normalized spacial score (nSPS) is 19.1. The van der Waals surface area contributed by atoms with Gasteiger partial charge in [0.25, 0.3) is 0 Å². The minimum atomic E-state index is 0.132. The molecule has 88 valence electrons. The first-order valence-electron chi connectivity index (χ1n) is 6.15. The van der Waals surface area contributed by atoms with Gasteiger partial charge in [-0.3, -0.25) is 5.10 Å². The average molecular weight is 227 g/mol. The zero-order chi connectivity index (χ0) is 11.8. The van der Waals surface area contributed by atoms with Crippen molar-refractivity contribution in [2.24, 2.45) is 5.73 Å². The molecule has 2 aromatic rings. The van der Waals surface area contributed by atoms with Gasteiger partial charge in [-0.05, 0) is 32.3 Å². The summed E-state index contributed by atoms with van der Waals surface area (Å²) in [5.41, 5.74) is 12.1. The molecule has 3 heteroatoms. The third-order valence-electron chi connectivity index (χ3n) is 3.49. The molecule has 0 bridgehead atoms. The first-order valence-corrected chi connectivity index (χ1v) is 6.15. The van der Waals surface area contributed by atoms with Crippen LogP contribution in [0.5, 0.6) is 0 Å². The maximum absolute atomic E-state index is 6.21. The third-order valence-corrected chi connectivity index (χ3v) is 3.49. The Morgan fingerprint density at radius 1 is 1.41 bits per heavy atom. The molecule has 0 radical (unpaired) electrons. The third kappa shape index (κ3) is 1.76. The molecule has 1 aliphatic carbocycles. The predicted octanol–water partition coefficient (Wildman–Crippen LogP) is 2.72. The van der Waals surface area contributed by atoms with Crippen LogP contribution in [0.25, 0.3) is 11.3 Å². The molecule has 0 aliphatic heterocycles. The quantitative estimate of drug-likeness (QED) is 0.787. The van der Waals surface area contributed by atoms with Gasteiger partial charge in [0, 0.05) is 22.9 Å². The molecule has 3 nitrogen and oxygen atoms in total. The highest BCUT2D eigenvalue weighted by Gasteiger charge is 2.23. The fourth-order valence-electron chi connectivity index (χ4n) is 2.63. The van der Waals surface area contributed by atoms with Gasteiger partial charge in [-0.1, -0.05) is 23.8 Å². The molecule has 1 unspecified atom stereocenters. The molecule has 17 heavy (non-hydrogen) atoms. The second-order valence-electron chi connectivity index (χ2n) is 4.83. The minimum absolute atomic E-state index is 0.132. The molecule has 0 amide bonds. The van der Waals surface area contributed by atoms with Crippen LogP contribution in [0.1, 0.15) is 35.7 Å². The topological polar surface area (TPSA) is 54.7 Å². The summed E-state index contributed by atoms with van der Waals surface area (Å²) in [5, 5.41) is 7.60. The summed E-state index contributed by atoms with van der Waals surface area (Å²) >= 11 is 0. The molecule has 0 spiro atoms. The number of aromatic amines is 1. The number of nitrogens with two attached hydrogens (primary N) is 1. The Labute approximate surface area is 101 Å². The van der Waals surface area contributed by atoms with Gasteiger partial charge in [0.05, 0.1) is 5.69 Å². The molecular formula is C14H17N3. The van der Waals surface area contributed by atoms with E-state index in [9.17, 15) is 0 Å². The summed E-state index contributed by atoms with van der Waals surface area (Å²) in [5.74, 6) is 0. The van der Waals surface area contributed by atoms with Crippen molar-refractivity contribution in [1.29, 1.82) is 0 Å². The summed E-state index contributed by atoms with van der Waals surface area (Å²) in [4.78, 5) is 0. The largest absolute Gasteiger partial charge is 0.324 e. The fraction of sp³-hybridized carbons (Fsp3) is 0.357. The molecule has 3 rings (SSSR count). The molecular weight excluding hydrogens is 210 g/mol. The van der Waals surface area contributed by atoms with Crippen LogP contribution in [0, 0.1) is 6.92 Å². The first-order chi connectivity index (χ1) is 8.25. The Morgan fingerprint density at radius 2 is 2.29 bits per heavy atom. The lowest BCUT2D eigenvalue weighted by molar-refractivity contribution is 0.567. The molecule has 3 N–H and O–H groups in total. The van der Waals surface area contributed by atoms with E-state index in [1.165, 1.54) is 22.4 Å². The maximum Gasteiger partial charge on any atom is 0.0971 e. The minimum Gasteiger partial charge on any atom is -0.324 e. The van der Waals surface area contributed by atoms with Crippen molar-refractivity contribution in [3.63, 3.8) is 0 Å². The van der Waals surface area contributed by atoms with Crippen LogP contribution in [0.3, 0.4) is 0 Å². The van der Waals surface area contributed by atoms with Gasteiger partial charge in [0.2, 0.25) is 0 Å². The summed E-state index contributed by atoms with van der Waals surface area (Å²) < 4.78 is 0. The highest BCUT2D eigenvalue weighted by atomic mass is 15.1. The van der Waals surface area contributed by atoms with Crippen LogP contribution in [-0.2, 0) is 6.42 Å². The number of aryl methyl sites for hydroxylation is 2. The molecule has 0 fully saturated rings. The molecule has 1 aromatic heterocycles. The second-order valence-corrected chi connectivity index (χ2v) is 4.83. The number of aromatic nitrogens is 2. The SMILES string of the molecule is Cc1cccc(-c2n[nH]c3c2C(N)CCC3)c1. The van der Waals surface area contributed by atoms with E-state index >= 15 is 0 Å². The van der Waals surface area contributed by atoms with E-state index in [2.05, 4.69) is 41.4 Å². The molecule has 1 atom stereocenters. The molecule has 1 aliphatic rings. The molecule has 1 aromatic carbocycles. The van der Waals surface area contributed by atoms with Crippen LogP contribution in [-0.4, -0.2) is 10.2 Å². The summed E-state index contributed by atoms with van der Waals surface area (Å²) in [6, 6.07) is 8.57. The number of hydrogen-bond donors (Lipinski definition) is 2. The van der Waals surface area contributed by atoms with Gasteiger partial charge >= 0.3 is 0 Å². The lowest BCUT2D eigenvalue weighted by atomic mass is 9.89. The zero-order valence-corrected chi connectivity index (χ0v) is 10.0. The summed E-state index contributed by atoms with van der Waals surface area (Å²) in [6.45, 7) is 2.10. The van der Waals surface area contributed by atoms with E-state index in [1.807, 2.05) is 0 Å².